The second-order valence-corrected chi connectivity index (χ2v) is 3.45. The van der Waals surface area contributed by atoms with Crippen LogP contribution in [-0.2, 0) is 9.47 Å². The fourth-order valence-electron chi connectivity index (χ4n) is 1.30. The number of hydrogen-bond donors (Lipinski definition) is 4. The Morgan fingerprint density at radius 3 is 2.38 bits per heavy atom. The van der Waals surface area contributed by atoms with Crippen LogP contribution in [0.15, 0.2) is 24.5 Å². The van der Waals surface area contributed by atoms with E-state index < -0.39 is 30.9 Å². The highest BCUT2D eigenvalue weighted by Gasteiger charge is 2.44. The van der Waals surface area contributed by atoms with Gasteiger partial charge in [0.25, 0.3) is 0 Å². The molecule has 0 aromatic carbocycles. The van der Waals surface area contributed by atoms with Gasteiger partial charge in [-0.2, -0.15) is 0 Å². The summed E-state index contributed by atoms with van der Waals surface area (Å²) in [6, 6.07) is 0. The third-order valence-electron chi connectivity index (χ3n) is 2.16. The van der Waals surface area contributed by atoms with Crippen molar-refractivity contribution in [3.8, 4) is 0 Å². The molecule has 0 bridgehead atoms. The molecule has 1 heterocycles. The Morgan fingerprint density at radius 1 is 1.19 bits per heavy atom. The number of hydrogen-bond acceptors (Lipinski definition) is 6. The van der Waals surface area contributed by atoms with Crippen LogP contribution in [0.25, 0.3) is 0 Å². The molecule has 92 valence electrons. The van der Waals surface area contributed by atoms with Gasteiger partial charge in [0.05, 0.1) is 0 Å². The van der Waals surface area contributed by atoms with Gasteiger partial charge in [-0.05, 0) is 13.0 Å². The van der Waals surface area contributed by atoms with Crippen LogP contribution >= 0.6 is 0 Å². The summed E-state index contributed by atoms with van der Waals surface area (Å²) in [4.78, 5) is 0. The van der Waals surface area contributed by atoms with E-state index in [1.54, 1.807) is 13.0 Å². The monoisotopic (exact) mass is 232 g/mol. The van der Waals surface area contributed by atoms with Crippen molar-refractivity contribution in [3.63, 3.8) is 0 Å². The molecule has 6 nitrogen and oxygen atoms in total. The second kappa shape index (κ2) is 5.42. The van der Waals surface area contributed by atoms with Gasteiger partial charge in [-0.25, -0.2) is 0 Å². The number of allylic oxidation sites excluding steroid dienone is 2. The molecule has 2 unspecified atom stereocenters. The van der Waals surface area contributed by atoms with Gasteiger partial charge < -0.3 is 29.9 Å². The lowest BCUT2D eigenvalue weighted by Crippen LogP contribution is -2.58. The SMILES string of the molecule is C=C(/C=C\C)OC1O[C@@H](O)C(O)[C@H](O)[C@@H]1O. The molecule has 4 N–H and O–H groups in total. The predicted molar refractivity (Wildman–Crippen MR) is 53.9 cm³/mol. The van der Waals surface area contributed by atoms with Crippen molar-refractivity contribution in [1.29, 1.82) is 0 Å². The van der Waals surface area contributed by atoms with Gasteiger partial charge >= 0.3 is 0 Å². The fraction of sp³-hybridized carbons (Fsp3) is 0.600. The first-order chi connectivity index (χ1) is 7.47. The number of rotatable bonds is 3. The van der Waals surface area contributed by atoms with E-state index in [2.05, 4.69) is 6.58 Å². The zero-order valence-electron chi connectivity index (χ0n) is 8.85. The molecule has 0 radical (unpaired) electrons. The van der Waals surface area contributed by atoms with Crippen molar-refractivity contribution < 1.29 is 29.9 Å². The quantitative estimate of drug-likeness (QED) is 0.362. The van der Waals surface area contributed by atoms with Crippen LogP contribution in [0.4, 0.5) is 0 Å². The van der Waals surface area contributed by atoms with Crippen molar-refractivity contribution in [2.75, 3.05) is 0 Å². The van der Waals surface area contributed by atoms with E-state index in [0.717, 1.165) is 0 Å². The van der Waals surface area contributed by atoms with Crippen molar-refractivity contribution in [1.82, 2.24) is 0 Å². The van der Waals surface area contributed by atoms with Crippen LogP contribution in [0, 0.1) is 0 Å². The zero-order chi connectivity index (χ0) is 12.3. The Balaban J connectivity index is 2.63. The van der Waals surface area contributed by atoms with E-state index in [0.29, 0.717) is 0 Å². The minimum absolute atomic E-state index is 0.210. The molecule has 1 aliphatic heterocycles. The van der Waals surface area contributed by atoms with Gasteiger partial charge in [0.15, 0.2) is 6.29 Å². The molecular weight excluding hydrogens is 216 g/mol. The molecule has 0 aromatic rings. The molecule has 5 atom stereocenters. The van der Waals surface area contributed by atoms with E-state index >= 15 is 0 Å². The van der Waals surface area contributed by atoms with E-state index in [9.17, 15) is 20.4 Å². The molecule has 1 saturated heterocycles. The molecule has 16 heavy (non-hydrogen) atoms. The summed E-state index contributed by atoms with van der Waals surface area (Å²) in [5.74, 6) is 0.210. The van der Waals surface area contributed by atoms with Crippen LogP contribution in [0.5, 0.6) is 0 Å². The fourth-order valence-corrected chi connectivity index (χ4v) is 1.30. The first kappa shape index (κ1) is 13.1. The van der Waals surface area contributed by atoms with Crippen molar-refractivity contribution in [2.45, 2.75) is 37.8 Å². The molecule has 6 heteroatoms. The molecule has 0 aromatic heterocycles. The highest BCUT2D eigenvalue weighted by Crippen LogP contribution is 2.22. The largest absolute Gasteiger partial charge is 0.463 e. The summed E-state index contributed by atoms with van der Waals surface area (Å²) in [7, 11) is 0. The van der Waals surface area contributed by atoms with Crippen molar-refractivity contribution in [2.24, 2.45) is 0 Å². The number of aliphatic hydroxyl groups is 4. The van der Waals surface area contributed by atoms with Crippen LogP contribution in [0.1, 0.15) is 6.92 Å². The maximum atomic E-state index is 9.51. The topological polar surface area (TPSA) is 99.4 Å². The molecule has 0 spiro atoms. The van der Waals surface area contributed by atoms with Crippen LogP contribution in [0.2, 0.25) is 0 Å². The summed E-state index contributed by atoms with van der Waals surface area (Å²) in [5, 5.41) is 37.3. The van der Waals surface area contributed by atoms with E-state index in [-0.39, 0.29) is 5.76 Å². The highest BCUT2D eigenvalue weighted by molar-refractivity contribution is 5.06. The van der Waals surface area contributed by atoms with Gasteiger partial charge in [0.1, 0.15) is 24.1 Å². The summed E-state index contributed by atoms with van der Waals surface area (Å²) >= 11 is 0. The molecule has 1 aliphatic rings. The Kier molecular flexibility index (Phi) is 4.45. The Labute approximate surface area is 93.0 Å². The van der Waals surface area contributed by atoms with Gasteiger partial charge in [-0.1, -0.05) is 12.7 Å². The van der Waals surface area contributed by atoms with Gasteiger partial charge in [0, 0.05) is 0 Å². The lowest BCUT2D eigenvalue weighted by atomic mass is 10.0. The van der Waals surface area contributed by atoms with E-state index in [1.165, 1.54) is 6.08 Å². The molecule has 0 aliphatic carbocycles. The van der Waals surface area contributed by atoms with Crippen LogP contribution in [0.3, 0.4) is 0 Å². The maximum absolute atomic E-state index is 9.51. The summed E-state index contributed by atoms with van der Waals surface area (Å²) in [6.07, 6.45) is -4.24. The van der Waals surface area contributed by atoms with Crippen LogP contribution < -0.4 is 0 Å². The maximum Gasteiger partial charge on any atom is 0.231 e. The standard InChI is InChI=1S/C10H16O6/c1-3-4-5(2)15-10-8(13)6(11)7(12)9(14)16-10/h3-4,6-14H,2H2,1H3/b4-3-/t6-,7?,8-,9+,10?/m0/s1. The zero-order valence-corrected chi connectivity index (χ0v) is 8.85. The van der Waals surface area contributed by atoms with Gasteiger partial charge in [-0.15, -0.1) is 0 Å². The molecular formula is C10H16O6. The van der Waals surface area contributed by atoms with E-state index in [4.69, 9.17) is 9.47 Å². The Hall–Kier alpha value is -0.920. The van der Waals surface area contributed by atoms with Gasteiger partial charge in [-0.3, -0.25) is 0 Å². The first-order valence-electron chi connectivity index (χ1n) is 4.83. The normalized spacial score (nSPS) is 39.9. The summed E-state index contributed by atoms with van der Waals surface area (Å²) in [5.41, 5.74) is 0. The van der Waals surface area contributed by atoms with Crippen molar-refractivity contribution in [3.05, 3.63) is 24.5 Å². The van der Waals surface area contributed by atoms with E-state index in [1.807, 2.05) is 0 Å². The summed E-state index contributed by atoms with van der Waals surface area (Å²) < 4.78 is 9.83. The molecule has 0 saturated carbocycles. The third kappa shape index (κ3) is 2.81. The smallest absolute Gasteiger partial charge is 0.231 e. The average molecular weight is 232 g/mol. The minimum atomic E-state index is -1.61. The van der Waals surface area contributed by atoms with Gasteiger partial charge in [0.2, 0.25) is 6.29 Å². The summed E-state index contributed by atoms with van der Waals surface area (Å²) in [6.45, 7) is 5.27. The minimum Gasteiger partial charge on any atom is -0.463 e. The average Bonchev–Trinajstić information content (AvgIpc) is 2.23. The highest BCUT2D eigenvalue weighted by atomic mass is 16.7. The Bertz CT molecular complexity index is 276. The number of aliphatic hydroxyl groups excluding tert-OH is 4. The van der Waals surface area contributed by atoms with Crippen molar-refractivity contribution >= 4 is 0 Å². The predicted octanol–water partition coefficient (Wildman–Crippen LogP) is -1.15. The molecule has 1 fully saturated rings. The first-order valence-corrected chi connectivity index (χ1v) is 4.83. The molecule has 0 amide bonds. The lowest BCUT2D eigenvalue weighted by Gasteiger charge is -2.37. The third-order valence-corrected chi connectivity index (χ3v) is 2.16. The van der Waals surface area contributed by atoms with Crippen LogP contribution in [-0.4, -0.2) is 51.3 Å². The second-order valence-electron chi connectivity index (χ2n) is 3.45. The number of ether oxygens (including phenoxy) is 2. The lowest BCUT2D eigenvalue weighted by molar-refractivity contribution is -0.331. The molecule has 1 rings (SSSR count). The Morgan fingerprint density at radius 2 is 1.81 bits per heavy atom.